The van der Waals surface area contributed by atoms with Gasteiger partial charge >= 0.3 is 0 Å². The van der Waals surface area contributed by atoms with E-state index in [1.165, 1.54) is 19.1 Å². The lowest BCUT2D eigenvalue weighted by molar-refractivity contribution is -0.384. The zero-order chi connectivity index (χ0) is 16.8. The fourth-order valence-electron chi connectivity index (χ4n) is 1.80. The number of anilines is 3. The van der Waals surface area contributed by atoms with Gasteiger partial charge in [-0.1, -0.05) is 0 Å². The number of hydrogen-bond donors (Lipinski definition) is 3. The molecule has 0 bridgehead atoms. The first kappa shape index (κ1) is 16.4. The predicted octanol–water partition coefficient (Wildman–Crippen LogP) is 3.36. The smallest absolute Gasteiger partial charge is 0.269 e. The second-order valence-electron chi connectivity index (χ2n) is 4.64. The number of rotatable bonds is 4. The van der Waals surface area contributed by atoms with Gasteiger partial charge in [0.25, 0.3) is 5.69 Å². The molecule has 2 aromatic carbocycles. The molecule has 8 heteroatoms. The highest BCUT2D eigenvalue weighted by Crippen LogP contribution is 2.17. The Kier molecular flexibility index (Phi) is 5.21. The molecule has 0 radical (unpaired) electrons. The van der Waals surface area contributed by atoms with Crippen LogP contribution in [-0.2, 0) is 4.79 Å². The largest absolute Gasteiger partial charge is 0.332 e. The summed E-state index contributed by atoms with van der Waals surface area (Å²) < 4.78 is 0. The van der Waals surface area contributed by atoms with E-state index in [1.54, 1.807) is 36.4 Å². The maximum Gasteiger partial charge on any atom is 0.269 e. The third-order valence-electron chi connectivity index (χ3n) is 2.80. The number of benzene rings is 2. The molecule has 0 fully saturated rings. The van der Waals surface area contributed by atoms with Gasteiger partial charge in [-0.25, -0.2) is 0 Å². The summed E-state index contributed by atoms with van der Waals surface area (Å²) in [4.78, 5) is 21.1. The minimum Gasteiger partial charge on any atom is -0.332 e. The van der Waals surface area contributed by atoms with Crippen molar-refractivity contribution in [3.05, 3.63) is 58.6 Å². The SMILES string of the molecule is CC(=O)Nc1ccc(NC(=S)Nc2ccc([N+](=O)[O-])cc2)cc1. The number of non-ortho nitro benzene ring substituents is 1. The van der Waals surface area contributed by atoms with Gasteiger partial charge in [-0.15, -0.1) is 0 Å². The summed E-state index contributed by atoms with van der Waals surface area (Å²) in [5, 5.41) is 19.5. The summed E-state index contributed by atoms with van der Waals surface area (Å²) in [6.07, 6.45) is 0. The van der Waals surface area contributed by atoms with E-state index in [0.29, 0.717) is 16.5 Å². The molecule has 0 spiro atoms. The van der Waals surface area contributed by atoms with Crippen LogP contribution >= 0.6 is 12.2 Å². The Morgan fingerprint density at radius 2 is 1.30 bits per heavy atom. The third-order valence-corrected chi connectivity index (χ3v) is 3.00. The van der Waals surface area contributed by atoms with E-state index < -0.39 is 4.92 Å². The molecular weight excluding hydrogens is 316 g/mol. The Hall–Kier alpha value is -3.00. The Morgan fingerprint density at radius 1 is 0.913 bits per heavy atom. The first-order valence-electron chi connectivity index (χ1n) is 6.64. The van der Waals surface area contributed by atoms with Crippen LogP contribution in [0.5, 0.6) is 0 Å². The average Bonchev–Trinajstić information content (AvgIpc) is 2.49. The van der Waals surface area contributed by atoms with Crippen LogP contribution in [0, 0.1) is 10.1 Å². The minimum absolute atomic E-state index is 0.0167. The standard InChI is InChI=1S/C15H14N4O3S/c1-10(20)16-11-2-4-12(5-3-11)17-15(23)18-13-6-8-14(9-7-13)19(21)22/h2-9H,1H3,(H,16,20)(H2,17,18,23). The van der Waals surface area contributed by atoms with Crippen molar-refractivity contribution >= 4 is 46.0 Å². The normalized spacial score (nSPS) is 9.78. The van der Waals surface area contributed by atoms with E-state index in [0.717, 1.165) is 5.69 Å². The fourth-order valence-corrected chi connectivity index (χ4v) is 2.04. The van der Waals surface area contributed by atoms with Crippen LogP contribution in [-0.4, -0.2) is 15.9 Å². The van der Waals surface area contributed by atoms with E-state index in [4.69, 9.17) is 12.2 Å². The quantitative estimate of drug-likeness (QED) is 0.452. The highest BCUT2D eigenvalue weighted by Gasteiger charge is 2.05. The molecular formula is C15H14N4O3S. The van der Waals surface area contributed by atoms with E-state index in [2.05, 4.69) is 16.0 Å². The molecule has 7 nitrogen and oxygen atoms in total. The molecule has 2 rings (SSSR count). The Morgan fingerprint density at radius 3 is 1.70 bits per heavy atom. The number of carbonyl (C=O) groups excluding carboxylic acids is 1. The predicted molar refractivity (Wildman–Crippen MR) is 93.7 cm³/mol. The second kappa shape index (κ2) is 7.32. The lowest BCUT2D eigenvalue weighted by Crippen LogP contribution is -2.19. The molecule has 3 N–H and O–H groups in total. The van der Waals surface area contributed by atoms with Gasteiger partial charge in [0, 0.05) is 36.1 Å². The molecule has 0 unspecified atom stereocenters. The first-order valence-corrected chi connectivity index (χ1v) is 7.05. The van der Waals surface area contributed by atoms with Crippen LogP contribution in [0.25, 0.3) is 0 Å². The lowest BCUT2D eigenvalue weighted by atomic mass is 10.2. The number of nitro groups is 1. The third kappa shape index (κ3) is 5.04. The zero-order valence-corrected chi connectivity index (χ0v) is 13.0. The van der Waals surface area contributed by atoms with Crippen LogP contribution in [0.4, 0.5) is 22.7 Å². The molecule has 0 atom stereocenters. The Balaban J connectivity index is 1.93. The summed E-state index contributed by atoms with van der Waals surface area (Å²) in [6.45, 7) is 1.44. The topological polar surface area (TPSA) is 96.3 Å². The minimum atomic E-state index is -0.461. The van der Waals surface area contributed by atoms with E-state index in [9.17, 15) is 14.9 Å². The van der Waals surface area contributed by atoms with Gasteiger partial charge in [-0.2, -0.15) is 0 Å². The van der Waals surface area contributed by atoms with Crippen molar-refractivity contribution in [1.82, 2.24) is 0 Å². The van der Waals surface area contributed by atoms with Crippen LogP contribution in [0.2, 0.25) is 0 Å². The molecule has 0 saturated carbocycles. The molecule has 118 valence electrons. The van der Waals surface area contributed by atoms with Crippen molar-refractivity contribution in [2.24, 2.45) is 0 Å². The van der Waals surface area contributed by atoms with Crippen LogP contribution in [0.15, 0.2) is 48.5 Å². The number of hydrogen-bond acceptors (Lipinski definition) is 4. The highest BCUT2D eigenvalue weighted by atomic mass is 32.1. The van der Waals surface area contributed by atoms with Gasteiger partial charge in [-0.3, -0.25) is 14.9 Å². The van der Waals surface area contributed by atoms with Crippen molar-refractivity contribution < 1.29 is 9.72 Å². The second-order valence-corrected chi connectivity index (χ2v) is 5.05. The maximum absolute atomic E-state index is 10.9. The summed E-state index contributed by atoms with van der Waals surface area (Å²) in [7, 11) is 0. The van der Waals surface area contributed by atoms with Crippen LogP contribution < -0.4 is 16.0 Å². The van der Waals surface area contributed by atoms with Crippen molar-refractivity contribution in [3.63, 3.8) is 0 Å². The summed E-state index contributed by atoms with van der Waals surface area (Å²) in [5.41, 5.74) is 2.10. The molecule has 0 aromatic heterocycles. The molecule has 0 saturated heterocycles. The number of nitrogens with zero attached hydrogens (tertiary/aromatic N) is 1. The van der Waals surface area contributed by atoms with Gasteiger partial charge in [0.15, 0.2) is 5.11 Å². The monoisotopic (exact) mass is 330 g/mol. The zero-order valence-electron chi connectivity index (χ0n) is 12.2. The summed E-state index contributed by atoms with van der Waals surface area (Å²) >= 11 is 5.18. The van der Waals surface area contributed by atoms with Crippen molar-refractivity contribution in [3.8, 4) is 0 Å². The van der Waals surface area contributed by atoms with E-state index in [-0.39, 0.29) is 11.6 Å². The summed E-state index contributed by atoms with van der Waals surface area (Å²) in [6, 6.07) is 13.0. The Bertz CT molecular complexity index is 729. The number of nitro benzene ring substituents is 1. The van der Waals surface area contributed by atoms with Crippen molar-refractivity contribution in [2.75, 3.05) is 16.0 Å². The van der Waals surface area contributed by atoms with Crippen LogP contribution in [0.3, 0.4) is 0 Å². The molecule has 0 aliphatic rings. The molecule has 0 aliphatic carbocycles. The average molecular weight is 330 g/mol. The number of carbonyl (C=O) groups is 1. The van der Waals surface area contributed by atoms with Gasteiger partial charge in [-0.05, 0) is 48.6 Å². The number of nitrogens with one attached hydrogen (secondary N) is 3. The molecule has 0 heterocycles. The van der Waals surface area contributed by atoms with E-state index >= 15 is 0 Å². The number of thiocarbonyl (C=S) groups is 1. The summed E-state index contributed by atoms with van der Waals surface area (Å²) in [5.74, 6) is -0.138. The van der Waals surface area contributed by atoms with Crippen molar-refractivity contribution in [2.45, 2.75) is 6.92 Å². The van der Waals surface area contributed by atoms with Gasteiger partial charge in [0.05, 0.1) is 4.92 Å². The number of amides is 1. The lowest BCUT2D eigenvalue weighted by Gasteiger charge is -2.11. The highest BCUT2D eigenvalue weighted by molar-refractivity contribution is 7.80. The van der Waals surface area contributed by atoms with Crippen LogP contribution in [0.1, 0.15) is 6.92 Å². The van der Waals surface area contributed by atoms with E-state index in [1.807, 2.05) is 0 Å². The molecule has 1 amide bonds. The first-order chi connectivity index (χ1) is 10.9. The molecule has 2 aromatic rings. The van der Waals surface area contributed by atoms with Gasteiger partial charge in [0.1, 0.15) is 0 Å². The van der Waals surface area contributed by atoms with Gasteiger partial charge in [0.2, 0.25) is 5.91 Å². The fraction of sp³-hybridized carbons (Fsp3) is 0.0667. The molecule has 0 aliphatic heterocycles. The van der Waals surface area contributed by atoms with Crippen molar-refractivity contribution in [1.29, 1.82) is 0 Å². The maximum atomic E-state index is 10.9. The Labute approximate surface area is 137 Å². The molecule has 23 heavy (non-hydrogen) atoms. The van der Waals surface area contributed by atoms with Gasteiger partial charge < -0.3 is 16.0 Å².